The summed E-state index contributed by atoms with van der Waals surface area (Å²) in [6.45, 7) is -0.357. The monoisotopic (exact) mass is 291 g/mol. The van der Waals surface area contributed by atoms with Gasteiger partial charge in [0.15, 0.2) is 12.2 Å². The molecular weight excluding hydrogens is 278 g/mol. The van der Waals surface area contributed by atoms with Crippen LogP contribution in [0.1, 0.15) is 0 Å². The smallest absolute Gasteiger partial charge is 0.408 e. The molecule has 0 aliphatic carbocycles. The van der Waals surface area contributed by atoms with Crippen LogP contribution in [-0.4, -0.2) is 61.3 Å². The molecule has 2 aliphatic rings. The zero-order valence-electron chi connectivity index (χ0n) is 10.2. The van der Waals surface area contributed by atoms with Crippen LogP contribution in [0.3, 0.4) is 0 Å². The number of carbonyl (C=O) groups excluding carboxylic acids is 2. The Kier molecular flexibility index (Phi) is 4.20. The molecule has 2 aliphatic heterocycles. The Morgan fingerprint density at radius 3 is 2.50 bits per heavy atom. The number of nitrogens with zero attached hydrogens (tertiary/aromatic N) is 1. The number of nitrogens with two attached hydrogens (primary N) is 1. The number of fused-ring (bicyclic) bond motifs is 1. The maximum atomic E-state index is 11.4. The lowest BCUT2D eigenvalue weighted by Gasteiger charge is -2.16. The van der Waals surface area contributed by atoms with E-state index < -0.39 is 41.5 Å². The van der Waals surface area contributed by atoms with Crippen molar-refractivity contribution in [3.05, 3.63) is 10.1 Å². The predicted octanol–water partition coefficient (Wildman–Crippen LogP) is -2.06. The van der Waals surface area contributed by atoms with E-state index in [0.717, 1.165) is 0 Å². The Labute approximate surface area is 112 Å². The first-order chi connectivity index (χ1) is 9.47. The number of primary amides is 1. The molecule has 0 spiro atoms. The van der Waals surface area contributed by atoms with Gasteiger partial charge in [-0.25, -0.2) is 4.79 Å². The Morgan fingerprint density at radius 2 is 1.90 bits per heavy atom. The van der Waals surface area contributed by atoms with E-state index in [1.165, 1.54) is 0 Å². The van der Waals surface area contributed by atoms with E-state index in [-0.39, 0.29) is 19.8 Å². The van der Waals surface area contributed by atoms with Gasteiger partial charge in [0.1, 0.15) is 12.2 Å². The molecule has 0 aromatic heterocycles. The van der Waals surface area contributed by atoms with Crippen molar-refractivity contribution >= 4 is 12.0 Å². The first-order valence-electron chi connectivity index (χ1n) is 5.74. The van der Waals surface area contributed by atoms with Crippen LogP contribution in [0.5, 0.6) is 0 Å². The zero-order chi connectivity index (χ0) is 14.7. The third-order valence-corrected chi connectivity index (χ3v) is 2.85. The van der Waals surface area contributed by atoms with Gasteiger partial charge in [0.05, 0.1) is 19.8 Å². The standard InChI is InChI=1S/C9H13N3O8/c10-6(13)1-11-9(14)19-4-2-17-8-5(20-12(15)16)3-18-7(4)8/h4-5,7-8H,1-3H2,(H2,10,13)(H,11,14)/t4-,5+,7-,8-/m1/s1. The molecule has 2 rings (SSSR count). The van der Waals surface area contributed by atoms with Crippen molar-refractivity contribution in [3.63, 3.8) is 0 Å². The second kappa shape index (κ2) is 5.88. The van der Waals surface area contributed by atoms with Gasteiger partial charge < -0.3 is 30.1 Å². The van der Waals surface area contributed by atoms with Crippen LogP contribution in [0, 0.1) is 10.1 Å². The molecule has 2 fully saturated rings. The Hall–Kier alpha value is -2.14. The molecule has 11 heteroatoms. The quantitative estimate of drug-likeness (QED) is 0.433. The summed E-state index contributed by atoms with van der Waals surface area (Å²) in [5, 5.41) is 11.5. The molecule has 0 unspecified atom stereocenters. The Morgan fingerprint density at radius 1 is 1.30 bits per heavy atom. The predicted molar refractivity (Wildman–Crippen MR) is 58.8 cm³/mol. The van der Waals surface area contributed by atoms with Gasteiger partial charge in [-0.3, -0.25) is 4.79 Å². The molecule has 0 aromatic rings. The van der Waals surface area contributed by atoms with Crippen LogP contribution >= 0.6 is 0 Å². The van der Waals surface area contributed by atoms with E-state index in [0.29, 0.717) is 0 Å². The molecule has 0 radical (unpaired) electrons. The van der Waals surface area contributed by atoms with Gasteiger partial charge in [0.25, 0.3) is 5.09 Å². The summed E-state index contributed by atoms with van der Waals surface area (Å²) in [4.78, 5) is 36.5. The maximum absolute atomic E-state index is 11.4. The molecule has 11 nitrogen and oxygen atoms in total. The van der Waals surface area contributed by atoms with E-state index in [9.17, 15) is 19.7 Å². The highest BCUT2D eigenvalue weighted by Gasteiger charge is 2.51. The second-order valence-corrected chi connectivity index (χ2v) is 4.23. The van der Waals surface area contributed by atoms with Gasteiger partial charge in [-0.05, 0) is 0 Å². The minimum absolute atomic E-state index is 0.0247. The van der Waals surface area contributed by atoms with E-state index in [1.54, 1.807) is 0 Å². The van der Waals surface area contributed by atoms with E-state index in [2.05, 4.69) is 10.2 Å². The summed E-state index contributed by atoms with van der Waals surface area (Å²) in [7, 11) is 0. The van der Waals surface area contributed by atoms with Crippen LogP contribution in [-0.2, 0) is 23.8 Å². The summed E-state index contributed by atoms with van der Waals surface area (Å²) in [6.07, 6.45) is -3.74. The van der Waals surface area contributed by atoms with Crippen LogP contribution < -0.4 is 11.1 Å². The van der Waals surface area contributed by atoms with Gasteiger partial charge >= 0.3 is 6.09 Å². The molecule has 20 heavy (non-hydrogen) atoms. The number of hydrogen-bond donors (Lipinski definition) is 2. The number of hydrogen-bond acceptors (Lipinski definition) is 8. The zero-order valence-corrected chi connectivity index (χ0v) is 10.2. The third-order valence-electron chi connectivity index (χ3n) is 2.85. The lowest BCUT2D eigenvalue weighted by Crippen LogP contribution is -2.40. The van der Waals surface area contributed by atoms with Crippen LogP contribution in [0.4, 0.5) is 4.79 Å². The summed E-state index contributed by atoms with van der Waals surface area (Å²) >= 11 is 0. The average molecular weight is 291 g/mol. The van der Waals surface area contributed by atoms with E-state index in [1.807, 2.05) is 0 Å². The fourth-order valence-corrected chi connectivity index (χ4v) is 2.07. The molecule has 112 valence electrons. The van der Waals surface area contributed by atoms with E-state index >= 15 is 0 Å². The first kappa shape index (κ1) is 14.3. The summed E-state index contributed by atoms with van der Waals surface area (Å²) in [6, 6.07) is 0. The van der Waals surface area contributed by atoms with Crippen molar-refractivity contribution in [2.24, 2.45) is 5.73 Å². The molecule has 2 saturated heterocycles. The highest BCUT2D eigenvalue weighted by atomic mass is 17.0. The van der Waals surface area contributed by atoms with E-state index in [4.69, 9.17) is 19.9 Å². The van der Waals surface area contributed by atoms with Crippen molar-refractivity contribution in [1.29, 1.82) is 0 Å². The van der Waals surface area contributed by atoms with Gasteiger partial charge in [-0.2, -0.15) is 0 Å². The first-order valence-corrected chi connectivity index (χ1v) is 5.74. The Balaban J connectivity index is 1.83. The molecule has 4 atom stereocenters. The summed E-state index contributed by atoms with van der Waals surface area (Å²) < 4.78 is 15.6. The van der Waals surface area contributed by atoms with Crippen molar-refractivity contribution in [3.8, 4) is 0 Å². The molecular formula is C9H13N3O8. The molecule has 0 aromatic carbocycles. The Bertz CT molecular complexity index is 416. The molecule has 0 bridgehead atoms. The molecule has 2 amide bonds. The average Bonchev–Trinajstić information content (AvgIpc) is 2.91. The normalized spacial score (nSPS) is 31.4. The topological polar surface area (TPSA) is 152 Å². The number of alkyl carbamates (subject to hydrolysis) is 1. The number of amides is 2. The minimum Gasteiger partial charge on any atom is -0.441 e. The molecule has 2 heterocycles. The van der Waals surface area contributed by atoms with Crippen molar-refractivity contribution in [2.75, 3.05) is 19.8 Å². The van der Waals surface area contributed by atoms with Crippen molar-refractivity contribution < 1.29 is 33.7 Å². The summed E-state index contributed by atoms with van der Waals surface area (Å²) in [5.41, 5.74) is 4.86. The second-order valence-electron chi connectivity index (χ2n) is 4.23. The third kappa shape index (κ3) is 3.24. The fourth-order valence-electron chi connectivity index (χ4n) is 2.07. The number of nitrogens with one attached hydrogen (secondary N) is 1. The lowest BCUT2D eigenvalue weighted by molar-refractivity contribution is -0.769. The van der Waals surface area contributed by atoms with Crippen LogP contribution in [0.15, 0.2) is 0 Å². The van der Waals surface area contributed by atoms with Crippen LogP contribution in [0.25, 0.3) is 0 Å². The fraction of sp³-hybridized carbons (Fsp3) is 0.778. The van der Waals surface area contributed by atoms with Crippen molar-refractivity contribution in [2.45, 2.75) is 24.4 Å². The number of rotatable bonds is 5. The lowest BCUT2D eigenvalue weighted by atomic mass is 10.1. The van der Waals surface area contributed by atoms with Crippen LogP contribution in [0.2, 0.25) is 0 Å². The molecule has 0 saturated carbocycles. The number of ether oxygens (including phenoxy) is 3. The highest BCUT2D eigenvalue weighted by molar-refractivity contribution is 5.80. The maximum Gasteiger partial charge on any atom is 0.408 e. The largest absolute Gasteiger partial charge is 0.441 e. The van der Waals surface area contributed by atoms with Gasteiger partial charge in [0.2, 0.25) is 5.91 Å². The highest BCUT2D eigenvalue weighted by Crippen LogP contribution is 2.30. The molecule has 3 N–H and O–H groups in total. The van der Waals surface area contributed by atoms with Gasteiger partial charge in [-0.1, -0.05) is 0 Å². The number of carbonyl (C=O) groups is 2. The van der Waals surface area contributed by atoms with Crippen molar-refractivity contribution in [1.82, 2.24) is 5.32 Å². The van der Waals surface area contributed by atoms with Gasteiger partial charge in [0, 0.05) is 0 Å². The summed E-state index contributed by atoms with van der Waals surface area (Å²) in [5.74, 6) is -0.709. The van der Waals surface area contributed by atoms with Gasteiger partial charge in [-0.15, -0.1) is 10.1 Å². The SMILES string of the molecule is NC(=O)CNC(=O)O[C@@H]1CO[C@H]2[C@@H]1OC[C@@H]2O[N+](=O)[O-]. The minimum atomic E-state index is -0.923.